The lowest BCUT2D eigenvalue weighted by molar-refractivity contribution is -0.402. The Bertz CT molecular complexity index is 515. The fraction of sp³-hybridized carbons (Fsp3) is 0.462. The second-order valence-corrected chi connectivity index (χ2v) is 6.30. The first-order valence-electron chi connectivity index (χ1n) is 5.98. The average Bonchev–Trinajstić information content (AvgIpc) is 2.75. The summed E-state index contributed by atoms with van der Waals surface area (Å²) in [4.78, 5) is 21.5. The van der Waals surface area contributed by atoms with Crippen molar-refractivity contribution in [2.24, 2.45) is 0 Å². The lowest BCUT2D eigenvalue weighted by Gasteiger charge is -2.21. The molecule has 1 rings (SSSR count). The van der Waals surface area contributed by atoms with Crippen LogP contribution in [0.2, 0.25) is 0 Å². The molecule has 1 unspecified atom stereocenters. The molecule has 0 radical (unpaired) electrons. The van der Waals surface area contributed by atoms with Crippen molar-refractivity contribution in [2.45, 2.75) is 38.5 Å². The molecule has 20 heavy (non-hydrogen) atoms. The fourth-order valence-electron chi connectivity index (χ4n) is 1.19. The molecule has 0 amide bonds. The van der Waals surface area contributed by atoms with Gasteiger partial charge in [0, 0.05) is 0 Å². The van der Waals surface area contributed by atoms with Crippen LogP contribution in [0.4, 0.5) is 5.88 Å². The number of rotatable bonds is 5. The van der Waals surface area contributed by atoms with Gasteiger partial charge in [0.15, 0.2) is 0 Å². The maximum atomic E-state index is 11.7. The summed E-state index contributed by atoms with van der Waals surface area (Å²) in [5, 5.41) is 11.7. The van der Waals surface area contributed by atoms with Gasteiger partial charge in [0.1, 0.15) is 21.5 Å². The van der Waals surface area contributed by atoms with Crippen molar-refractivity contribution in [2.75, 3.05) is 0 Å². The van der Waals surface area contributed by atoms with Crippen LogP contribution >= 0.6 is 11.8 Å². The van der Waals surface area contributed by atoms with Gasteiger partial charge in [0.2, 0.25) is 0 Å². The van der Waals surface area contributed by atoms with Crippen molar-refractivity contribution in [3.63, 3.8) is 0 Å². The van der Waals surface area contributed by atoms with E-state index in [1.165, 1.54) is 23.9 Å². The summed E-state index contributed by atoms with van der Waals surface area (Å²) in [6, 6.07) is 2.77. The molecule has 6 nitrogen and oxygen atoms in total. The standard InChI is InChI=1S/C13H17NO5S/c1-9(12(15)19-13(2,3)4)20-8-7-10-5-6-11(18-10)14(16)17/h5-9H,1-4H3. The Morgan fingerprint density at radius 3 is 2.65 bits per heavy atom. The van der Waals surface area contributed by atoms with Crippen molar-refractivity contribution >= 4 is 29.7 Å². The normalized spacial score (nSPS) is 13.4. The Balaban J connectivity index is 2.51. The molecule has 0 spiro atoms. The smallest absolute Gasteiger partial charge is 0.433 e. The molecule has 7 heteroatoms. The van der Waals surface area contributed by atoms with Crippen LogP contribution in [0.5, 0.6) is 0 Å². The minimum absolute atomic E-state index is 0.308. The van der Waals surface area contributed by atoms with Gasteiger partial charge in [-0.2, -0.15) is 0 Å². The van der Waals surface area contributed by atoms with Crippen LogP contribution in [0, 0.1) is 10.1 Å². The SMILES string of the molecule is CC(SC=Cc1ccc([N+](=O)[O-])o1)C(=O)OC(C)(C)C. The summed E-state index contributed by atoms with van der Waals surface area (Å²) < 4.78 is 10.2. The number of carbonyl (C=O) groups excluding carboxylic acids is 1. The minimum atomic E-state index is -0.603. The Kier molecular flexibility index (Phi) is 5.38. The predicted octanol–water partition coefficient (Wildman–Crippen LogP) is 3.62. The lowest BCUT2D eigenvalue weighted by atomic mass is 10.2. The second-order valence-electron chi connectivity index (χ2n) is 5.05. The zero-order chi connectivity index (χ0) is 15.3. The molecule has 1 heterocycles. The van der Waals surface area contributed by atoms with Crippen LogP contribution in [0.25, 0.3) is 6.08 Å². The van der Waals surface area contributed by atoms with E-state index in [4.69, 9.17) is 9.15 Å². The molecule has 110 valence electrons. The molecule has 1 atom stereocenters. The number of nitro groups is 1. The highest BCUT2D eigenvalue weighted by molar-refractivity contribution is 8.03. The maximum Gasteiger partial charge on any atom is 0.433 e. The summed E-state index contributed by atoms with van der Waals surface area (Å²) in [5.74, 6) is -0.256. The van der Waals surface area contributed by atoms with E-state index in [2.05, 4.69) is 0 Å². The molecule has 0 saturated carbocycles. The van der Waals surface area contributed by atoms with Gasteiger partial charge < -0.3 is 9.15 Å². The number of carbonyl (C=O) groups is 1. The fourth-order valence-corrected chi connectivity index (χ4v) is 1.80. The molecule has 0 aliphatic carbocycles. The van der Waals surface area contributed by atoms with Crippen molar-refractivity contribution in [3.05, 3.63) is 33.4 Å². The van der Waals surface area contributed by atoms with Gasteiger partial charge in [-0.05, 0) is 45.2 Å². The zero-order valence-corrected chi connectivity index (χ0v) is 12.6. The Labute approximate surface area is 121 Å². The molecule has 0 fully saturated rings. The van der Waals surface area contributed by atoms with Gasteiger partial charge >= 0.3 is 11.9 Å². The van der Waals surface area contributed by atoms with Crippen molar-refractivity contribution in [3.8, 4) is 0 Å². The molecule has 0 aliphatic heterocycles. The van der Waals surface area contributed by atoms with Gasteiger partial charge in [0.25, 0.3) is 0 Å². The first-order valence-corrected chi connectivity index (χ1v) is 6.92. The Morgan fingerprint density at radius 1 is 1.50 bits per heavy atom. The summed E-state index contributed by atoms with van der Waals surface area (Å²) in [6.45, 7) is 7.15. The van der Waals surface area contributed by atoms with Crippen LogP contribution in [0.15, 0.2) is 22.0 Å². The number of hydrogen-bond donors (Lipinski definition) is 0. The van der Waals surface area contributed by atoms with E-state index in [1.54, 1.807) is 39.2 Å². The van der Waals surface area contributed by atoms with Gasteiger partial charge in [-0.15, -0.1) is 11.8 Å². The molecule has 0 aromatic carbocycles. The topological polar surface area (TPSA) is 82.6 Å². The molecule has 0 aliphatic rings. The first kappa shape index (κ1) is 16.3. The van der Waals surface area contributed by atoms with E-state index in [9.17, 15) is 14.9 Å². The van der Waals surface area contributed by atoms with Gasteiger partial charge in [-0.3, -0.25) is 14.9 Å². The van der Waals surface area contributed by atoms with Crippen LogP contribution in [0.1, 0.15) is 33.5 Å². The molecule has 0 bridgehead atoms. The number of hydrogen-bond acceptors (Lipinski definition) is 6. The van der Waals surface area contributed by atoms with Gasteiger partial charge in [0.05, 0.1) is 6.07 Å². The Hall–Kier alpha value is -1.76. The van der Waals surface area contributed by atoms with E-state index in [0.717, 1.165) is 0 Å². The largest absolute Gasteiger partial charge is 0.459 e. The first-order chi connectivity index (χ1) is 9.19. The summed E-state index contributed by atoms with van der Waals surface area (Å²) in [7, 11) is 0. The Morgan fingerprint density at radius 2 is 2.15 bits per heavy atom. The highest BCUT2D eigenvalue weighted by Gasteiger charge is 2.21. The van der Waals surface area contributed by atoms with E-state index < -0.39 is 10.5 Å². The summed E-state index contributed by atoms with van der Waals surface area (Å²) in [5.41, 5.74) is -0.517. The highest BCUT2D eigenvalue weighted by atomic mass is 32.2. The van der Waals surface area contributed by atoms with Gasteiger partial charge in [-0.25, -0.2) is 0 Å². The highest BCUT2D eigenvalue weighted by Crippen LogP contribution is 2.21. The number of nitrogens with zero attached hydrogens (tertiary/aromatic N) is 1. The van der Waals surface area contributed by atoms with E-state index >= 15 is 0 Å². The average molecular weight is 299 g/mol. The zero-order valence-electron chi connectivity index (χ0n) is 11.8. The monoisotopic (exact) mass is 299 g/mol. The third-order valence-electron chi connectivity index (χ3n) is 2.05. The third kappa shape index (κ3) is 5.48. The van der Waals surface area contributed by atoms with E-state index in [-0.39, 0.29) is 17.1 Å². The van der Waals surface area contributed by atoms with Crippen LogP contribution in [-0.4, -0.2) is 21.7 Å². The minimum Gasteiger partial charge on any atom is -0.459 e. The van der Waals surface area contributed by atoms with Crippen molar-refractivity contribution in [1.29, 1.82) is 0 Å². The van der Waals surface area contributed by atoms with Crippen LogP contribution in [0.3, 0.4) is 0 Å². The molecule has 1 aromatic heterocycles. The summed E-state index contributed by atoms with van der Waals surface area (Å²) in [6.07, 6.45) is 1.57. The number of ether oxygens (including phenoxy) is 1. The molecular formula is C13H17NO5S. The maximum absolute atomic E-state index is 11.7. The molecular weight excluding hydrogens is 282 g/mol. The number of furan rings is 1. The van der Waals surface area contributed by atoms with Crippen LogP contribution < -0.4 is 0 Å². The van der Waals surface area contributed by atoms with Crippen molar-refractivity contribution < 1.29 is 18.9 Å². The number of esters is 1. The van der Waals surface area contributed by atoms with E-state index in [1.807, 2.05) is 0 Å². The van der Waals surface area contributed by atoms with Crippen LogP contribution in [-0.2, 0) is 9.53 Å². The van der Waals surface area contributed by atoms with E-state index in [0.29, 0.717) is 5.76 Å². The number of thioether (sulfide) groups is 1. The lowest BCUT2D eigenvalue weighted by Crippen LogP contribution is -2.28. The predicted molar refractivity (Wildman–Crippen MR) is 77.3 cm³/mol. The van der Waals surface area contributed by atoms with Gasteiger partial charge in [-0.1, -0.05) is 0 Å². The van der Waals surface area contributed by atoms with Crippen molar-refractivity contribution in [1.82, 2.24) is 0 Å². The third-order valence-corrected chi connectivity index (χ3v) is 2.94. The second kappa shape index (κ2) is 6.60. The molecule has 0 N–H and O–H groups in total. The molecule has 1 aromatic rings. The summed E-state index contributed by atoms with van der Waals surface area (Å²) >= 11 is 1.25. The molecule has 0 saturated heterocycles. The quantitative estimate of drug-likeness (QED) is 0.469.